The number of nitrogens with one attached hydrogen (secondary N) is 2. The molecule has 2 aromatic carbocycles. The van der Waals surface area contributed by atoms with Gasteiger partial charge in [-0.2, -0.15) is 0 Å². The molecule has 0 fully saturated rings. The summed E-state index contributed by atoms with van der Waals surface area (Å²) in [4.78, 5) is 12.6. The van der Waals surface area contributed by atoms with E-state index in [2.05, 4.69) is 10.0 Å². The monoisotopic (exact) mass is 346 g/mol. The van der Waals surface area contributed by atoms with Crippen LogP contribution in [0, 0.1) is 0 Å². The van der Waals surface area contributed by atoms with Crippen LogP contribution in [0.2, 0.25) is 0 Å². The van der Waals surface area contributed by atoms with Gasteiger partial charge in [-0.05, 0) is 18.2 Å². The molecular formula is C17H18N2O4S. The highest BCUT2D eigenvalue weighted by atomic mass is 32.2. The van der Waals surface area contributed by atoms with E-state index in [0.717, 1.165) is 17.6 Å². The van der Waals surface area contributed by atoms with E-state index in [-0.39, 0.29) is 23.2 Å². The van der Waals surface area contributed by atoms with Gasteiger partial charge >= 0.3 is 0 Å². The molecule has 0 aromatic heterocycles. The van der Waals surface area contributed by atoms with E-state index in [0.29, 0.717) is 13.0 Å². The number of hydrogen-bond acceptors (Lipinski definition) is 4. The molecule has 3 rings (SSSR count). The molecule has 0 bridgehead atoms. The molecule has 7 heteroatoms. The van der Waals surface area contributed by atoms with Crippen molar-refractivity contribution in [2.24, 2.45) is 0 Å². The van der Waals surface area contributed by atoms with Crippen LogP contribution >= 0.6 is 0 Å². The number of benzene rings is 2. The minimum absolute atomic E-state index is 0.172. The Balaban J connectivity index is 1.84. The van der Waals surface area contributed by atoms with E-state index in [1.54, 1.807) is 24.3 Å². The predicted octanol–water partition coefficient (Wildman–Crippen LogP) is 2.31. The maximum absolute atomic E-state index is 12.6. The summed E-state index contributed by atoms with van der Waals surface area (Å²) in [5, 5.41) is 2.96. The quantitative estimate of drug-likeness (QED) is 0.890. The lowest BCUT2D eigenvalue weighted by atomic mass is 10.00. The Morgan fingerprint density at radius 3 is 2.62 bits per heavy atom. The van der Waals surface area contributed by atoms with Crippen molar-refractivity contribution >= 4 is 21.6 Å². The maximum Gasteiger partial charge on any atom is 0.253 e. The molecule has 0 saturated heterocycles. The number of anilines is 1. The van der Waals surface area contributed by atoms with E-state index in [1.165, 1.54) is 0 Å². The molecular weight excluding hydrogens is 328 g/mol. The smallest absolute Gasteiger partial charge is 0.253 e. The standard InChI is InChI=1S/C17H18N2O4S/c1-24(21,22)19-15-8-4-2-7-13(15)17(20)18-14-10-11-23-16-9-5-3-6-12(14)16/h2-9,14,19H,10-11H2,1H3,(H,18,20). The van der Waals surface area contributed by atoms with E-state index in [9.17, 15) is 13.2 Å². The van der Waals surface area contributed by atoms with E-state index in [4.69, 9.17) is 4.74 Å². The zero-order valence-corrected chi connectivity index (χ0v) is 14.0. The van der Waals surface area contributed by atoms with Crippen molar-refractivity contribution < 1.29 is 17.9 Å². The largest absolute Gasteiger partial charge is 0.493 e. The first-order chi connectivity index (χ1) is 11.4. The van der Waals surface area contributed by atoms with Gasteiger partial charge in [0, 0.05) is 12.0 Å². The van der Waals surface area contributed by atoms with Gasteiger partial charge in [0.15, 0.2) is 0 Å². The molecule has 24 heavy (non-hydrogen) atoms. The Hall–Kier alpha value is -2.54. The predicted molar refractivity (Wildman–Crippen MR) is 91.7 cm³/mol. The van der Waals surface area contributed by atoms with Gasteiger partial charge in [0.2, 0.25) is 10.0 Å². The summed E-state index contributed by atoms with van der Waals surface area (Å²) in [6, 6.07) is 13.9. The second-order valence-corrected chi connectivity index (χ2v) is 7.37. The van der Waals surface area contributed by atoms with Crippen LogP contribution in [0.1, 0.15) is 28.4 Å². The summed E-state index contributed by atoms with van der Waals surface area (Å²) < 4.78 is 30.9. The Labute approximate surface area is 140 Å². The molecule has 1 aliphatic rings. The molecule has 2 aromatic rings. The highest BCUT2D eigenvalue weighted by molar-refractivity contribution is 7.92. The van der Waals surface area contributed by atoms with Crippen LogP contribution in [0.5, 0.6) is 5.75 Å². The minimum Gasteiger partial charge on any atom is -0.493 e. The second kappa shape index (κ2) is 6.52. The Bertz CT molecular complexity index is 864. The van der Waals surface area contributed by atoms with Crippen LogP contribution in [0.3, 0.4) is 0 Å². The Morgan fingerprint density at radius 2 is 1.83 bits per heavy atom. The summed E-state index contributed by atoms with van der Waals surface area (Å²) in [6.07, 6.45) is 1.71. The van der Waals surface area contributed by atoms with Crippen LogP contribution < -0.4 is 14.8 Å². The molecule has 1 aliphatic heterocycles. The molecule has 0 radical (unpaired) electrons. The molecule has 0 aliphatic carbocycles. The van der Waals surface area contributed by atoms with Crippen LogP contribution in [0.15, 0.2) is 48.5 Å². The fourth-order valence-corrected chi connectivity index (χ4v) is 3.28. The van der Waals surface area contributed by atoms with E-state index < -0.39 is 10.0 Å². The third-order valence-corrected chi connectivity index (χ3v) is 4.32. The van der Waals surface area contributed by atoms with Crippen molar-refractivity contribution in [2.75, 3.05) is 17.6 Å². The number of fused-ring (bicyclic) bond motifs is 1. The highest BCUT2D eigenvalue weighted by Crippen LogP contribution is 2.32. The molecule has 0 spiro atoms. The first-order valence-electron chi connectivity index (χ1n) is 7.53. The van der Waals surface area contributed by atoms with Gasteiger partial charge in [-0.3, -0.25) is 9.52 Å². The summed E-state index contributed by atoms with van der Waals surface area (Å²) >= 11 is 0. The first kappa shape index (κ1) is 16.3. The van der Waals surface area contributed by atoms with Gasteiger partial charge in [0.05, 0.1) is 30.2 Å². The van der Waals surface area contributed by atoms with Crippen molar-refractivity contribution in [3.63, 3.8) is 0 Å². The van der Waals surface area contributed by atoms with Crippen LogP contribution in [0.4, 0.5) is 5.69 Å². The van der Waals surface area contributed by atoms with Crippen LogP contribution in [0.25, 0.3) is 0 Å². The van der Waals surface area contributed by atoms with Crippen LogP contribution in [-0.2, 0) is 10.0 Å². The number of rotatable bonds is 4. The third kappa shape index (κ3) is 3.68. The Morgan fingerprint density at radius 1 is 1.12 bits per heavy atom. The lowest BCUT2D eigenvalue weighted by Crippen LogP contribution is -2.32. The Kier molecular flexibility index (Phi) is 4.44. The van der Waals surface area contributed by atoms with E-state index >= 15 is 0 Å². The van der Waals surface area contributed by atoms with Gasteiger partial charge < -0.3 is 10.1 Å². The number of ether oxygens (including phenoxy) is 1. The fourth-order valence-electron chi connectivity index (χ4n) is 2.70. The average molecular weight is 346 g/mol. The topological polar surface area (TPSA) is 84.5 Å². The lowest BCUT2D eigenvalue weighted by molar-refractivity contribution is 0.0925. The van der Waals surface area contributed by atoms with Gasteiger partial charge in [0.1, 0.15) is 5.75 Å². The average Bonchev–Trinajstić information content (AvgIpc) is 2.54. The molecule has 126 valence electrons. The number of para-hydroxylation sites is 2. The van der Waals surface area contributed by atoms with Crippen molar-refractivity contribution in [3.05, 3.63) is 59.7 Å². The summed E-state index contributed by atoms with van der Waals surface area (Å²) in [5.74, 6) is 0.431. The van der Waals surface area contributed by atoms with Gasteiger partial charge in [0.25, 0.3) is 5.91 Å². The molecule has 2 N–H and O–H groups in total. The van der Waals surface area contributed by atoms with Gasteiger partial charge in [-0.25, -0.2) is 8.42 Å². The second-order valence-electron chi connectivity index (χ2n) is 5.62. The van der Waals surface area contributed by atoms with Crippen molar-refractivity contribution in [1.29, 1.82) is 0 Å². The first-order valence-corrected chi connectivity index (χ1v) is 9.42. The maximum atomic E-state index is 12.6. The van der Waals surface area contributed by atoms with E-state index in [1.807, 2.05) is 24.3 Å². The minimum atomic E-state index is -3.46. The van der Waals surface area contributed by atoms with Crippen molar-refractivity contribution in [3.8, 4) is 5.75 Å². The van der Waals surface area contributed by atoms with Crippen LogP contribution in [-0.4, -0.2) is 27.2 Å². The number of carbonyl (C=O) groups is 1. The SMILES string of the molecule is CS(=O)(=O)Nc1ccccc1C(=O)NC1CCOc2ccccc21. The van der Waals surface area contributed by atoms with Gasteiger partial charge in [-0.15, -0.1) is 0 Å². The van der Waals surface area contributed by atoms with Crippen molar-refractivity contribution in [1.82, 2.24) is 5.32 Å². The number of amides is 1. The molecule has 0 saturated carbocycles. The molecule has 1 amide bonds. The van der Waals surface area contributed by atoms with Gasteiger partial charge in [-0.1, -0.05) is 30.3 Å². The summed E-state index contributed by atoms with van der Waals surface area (Å²) in [5.41, 5.74) is 1.47. The molecule has 6 nitrogen and oxygen atoms in total. The lowest BCUT2D eigenvalue weighted by Gasteiger charge is -2.27. The number of hydrogen-bond donors (Lipinski definition) is 2. The number of sulfonamides is 1. The van der Waals surface area contributed by atoms with Crippen molar-refractivity contribution in [2.45, 2.75) is 12.5 Å². The molecule has 1 heterocycles. The molecule has 1 atom stereocenters. The summed E-state index contributed by atoms with van der Waals surface area (Å²) in [7, 11) is -3.46. The third-order valence-electron chi connectivity index (χ3n) is 3.73. The number of carbonyl (C=O) groups excluding carboxylic acids is 1. The molecule has 1 unspecified atom stereocenters. The highest BCUT2D eigenvalue weighted by Gasteiger charge is 2.24. The fraction of sp³-hybridized carbons (Fsp3) is 0.235. The summed E-state index contributed by atoms with van der Waals surface area (Å²) in [6.45, 7) is 0.519. The zero-order valence-electron chi connectivity index (χ0n) is 13.2. The normalized spacial score (nSPS) is 16.6. The zero-order chi connectivity index (χ0) is 17.2.